The fourth-order valence-electron chi connectivity index (χ4n) is 4.71. The van der Waals surface area contributed by atoms with Gasteiger partial charge < -0.3 is 14.4 Å². The van der Waals surface area contributed by atoms with Crippen LogP contribution in [0, 0.1) is 24.1 Å². The molecule has 2 amide bonds. The molecule has 1 aliphatic rings. The number of rotatable bonds is 6. The molecule has 0 atom stereocenters. The predicted molar refractivity (Wildman–Crippen MR) is 137 cm³/mol. The predicted octanol–water partition coefficient (Wildman–Crippen LogP) is 4.34. The average molecular weight is 508 g/mol. The summed E-state index contributed by atoms with van der Waals surface area (Å²) in [7, 11) is 3.22. The first-order chi connectivity index (χ1) is 17.2. The van der Waals surface area contributed by atoms with Gasteiger partial charge in [0.2, 0.25) is 0 Å². The smallest absolute Gasteiger partial charge is 0.295 e. The van der Waals surface area contributed by atoms with E-state index in [4.69, 9.17) is 18.0 Å². The van der Waals surface area contributed by atoms with Crippen molar-refractivity contribution in [2.45, 2.75) is 19.3 Å². The second kappa shape index (κ2) is 10.5. The highest BCUT2D eigenvalue weighted by Gasteiger charge is 2.28. The number of aromatic nitrogens is 1. The number of Topliss-reactive ketones (excluding diaryl/α,β-unsaturated/α-hetero) is 1. The summed E-state index contributed by atoms with van der Waals surface area (Å²) in [5, 5.41) is 0.779. The van der Waals surface area contributed by atoms with E-state index in [0.717, 1.165) is 24.8 Å². The third kappa shape index (κ3) is 5.14. The van der Waals surface area contributed by atoms with Crippen molar-refractivity contribution >= 4 is 40.1 Å². The van der Waals surface area contributed by atoms with Crippen LogP contribution in [0.25, 0.3) is 10.9 Å². The zero-order valence-electron chi connectivity index (χ0n) is 20.3. The Labute approximate surface area is 214 Å². The van der Waals surface area contributed by atoms with Gasteiger partial charge in [0.15, 0.2) is 0 Å². The number of hydrogen-bond donors (Lipinski definition) is 0. The third-order valence-corrected chi connectivity index (χ3v) is 7.07. The maximum atomic E-state index is 13.4. The molecule has 3 aromatic rings. The summed E-state index contributed by atoms with van der Waals surface area (Å²) < 4.78 is 14.9. The monoisotopic (exact) mass is 507 g/mol. The molecule has 0 bridgehead atoms. The number of likely N-dealkylation sites (N-methyl/N-ethyl adjacent to an activating group) is 1. The fourth-order valence-corrected chi connectivity index (χ4v) is 4.95. The number of nitrogens with zero attached hydrogens (tertiary/aromatic N) is 3. The van der Waals surface area contributed by atoms with E-state index in [1.165, 1.54) is 24.1 Å². The van der Waals surface area contributed by atoms with Gasteiger partial charge in [-0.05, 0) is 55.0 Å². The lowest BCUT2D eigenvalue weighted by molar-refractivity contribution is -0.124. The van der Waals surface area contributed by atoms with Crippen LogP contribution in [-0.4, -0.2) is 58.6 Å². The van der Waals surface area contributed by atoms with Crippen LogP contribution < -0.4 is 0 Å². The molecule has 0 spiro atoms. The van der Waals surface area contributed by atoms with Gasteiger partial charge >= 0.3 is 0 Å². The lowest BCUT2D eigenvalue weighted by Gasteiger charge is -2.32. The molecule has 0 aliphatic carbocycles. The van der Waals surface area contributed by atoms with Gasteiger partial charge in [0.05, 0.1) is 28.2 Å². The van der Waals surface area contributed by atoms with Crippen LogP contribution in [-0.2, 0) is 18.3 Å². The summed E-state index contributed by atoms with van der Waals surface area (Å²) in [5.41, 5.74) is 2.22. The van der Waals surface area contributed by atoms with Gasteiger partial charge in [0, 0.05) is 38.8 Å². The van der Waals surface area contributed by atoms with Crippen LogP contribution in [0.1, 0.15) is 39.1 Å². The molecule has 4 rings (SSSR count). The first kappa shape index (κ1) is 25.5. The molecule has 36 heavy (non-hydrogen) atoms. The number of fused-ring (bicyclic) bond motifs is 1. The second-order valence-corrected chi connectivity index (χ2v) is 9.67. The number of amides is 2. The summed E-state index contributed by atoms with van der Waals surface area (Å²) in [5.74, 6) is 0.885. The Hall–Kier alpha value is -3.63. The molecule has 0 radical (unpaired) electrons. The number of hydrogen-bond acceptors (Lipinski definition) is 3. The largest absolute Gasteiger partial charge is 0.350 e. The van der Waals surface area contributed by atoms with Crippen LogP contribution in [0.2, 0.25) is 5.02 Å². The van der Waals surface area contributed by atoms with Crippen molar-refractivity contribution in [3.05, 3.63) is 70.1 Å². The SMILES string of the molecule is C#CCN(C)C(=O)C(=O)c1cn(C)c2cc(Cl)c(C(=O)N3CCC(Cc4ccc(F)cc4)CC3)cc12. The molecule has 1 aliphatic heterocycles. The van der Waals surface area contributed by atoms with Crippen molar-refractivity contribution in [1.82, 2.24) is 14.4 Å². The molecule has 0 saturated carbocycles. The van der Waals surface area contributed by atoms with E-state index in [1.807, 2.05) is 0 Å². The lowest BCUT2D eigenvalue weighted by Crippen LogP contribution is -2.39. The van der Waals surface area contributed by atoms with Crippen molar-refractivity contribution in [3.8, 4) is 12.3 Å². The summed E-state index contributed by atoms with van der Waals surface area (Å²) >= 11 is 6.51. The van der Waals surface area contributed by atoms with Gasteiger partial charge in [0.25, 0.3) is 17.6 Å². The van der Waals surface area contributed by atoms with Crippen LogP contribution in [0.5, 0.6) is 0 Å². The first-order valence-corrected chi connectivity index (χ1v) is 12.1. The summed E-state index contributed by atoms with van der Waals surface area (Å²) in [6.07, 6.45) is 9.33. The minimum absolute atomic E-state index is 0.0159. The molecule has 186 valence electrons. The Kier molecular flexibility index (Phi) is 7.46. The standard InChI is InChI=1S/C28H27ClFN3O3/c1-4-11-31(2)28(36)26(34)23-17-32(3)25-16-24(29)22(15-21(23)25)27(35)33-12-9-19(10-13-33)14-18-5-7-20(30)8-6-18/h1,5-8,15-17,19H,9-14H2,2-3H3. The van der Waals surface area contributed by atoms with Gasteiger partial charge in [-0.25, -0.2) is 4.39 Å². The molecule has 1 saturated heterocycles. The van der Waals surface area contributed by atoms with Crippen molar-refractivity contribution in [1.29, 1.82) is 0 Å². The first-order valence-electron chi connectivity index (χ1n) is 11.7. The summed E-state index contributed by atoms with van der Waals surface area (Å²) in [6.45, 7) is 1.17. The van der Waals surface area contributed by atoms with E-state index in [0.29, 0.717) is 35.5 Å². The molecule has 0 N–H and O–H groups in total. The number of terminal acetylenes is 1. The topological polar surface area (TPSA) is 62.6 Å². The molecule has 8 heteroatoms. The normalized spacial score (nSPS) is 14.0. The number of carbonyl (C=O) groups is 3. The Balaban J connectivity index is 1.53. The van der Waals surface area contributed by atoms with Gasteiger partial charge in [-0.3, -0.25) is 14.4 Å². The zero-order chi connectivity index (χ0) is 26.0. The highest BCUT2D eigenvalue weighted by Crippen LogP contribution is 2.31. The van der Waals surface area contributed by atoms with Gasteiger partial charge in [0.1, 0.15) is 5.82 Å². The van der Waals surface area contributed by atoms with Gasteiger partial charge in [-0.2, -0.15) is 0 Å². The Morgan fingerprint density at radius 1 is 1.14 bits per heavy atom. The van der Waals surface area contributed by atoms with E-state index >= 15 is 0 Å². The minimum atomic E-state index is -0.716. The van der Waals surface area contributed by atoms with Crippen LogP contribution >= 0.6 is 11.6 Å². The van der Waals surface area contributed by atoms with Crippen molar-refractivity contribution < 1.29 is 18.8 Å². The average Bonchev–Trinajstić information content (AvgIpc) is 3.19. The number of piperidine rings is 1. The molecule has 2 heterocycles. The van der Waals surface area contributed by atoms with Crippen LogP contribution in [0.3, 0.4) is 0 Å². The zero-order valence-corrected chi connectivity index (χ0v) is 21.0. The highest BCUT2D eigenvalue weighted by atomic mass is 35.5. The van der Waals surface area contributed by atoms with Crippen LogP contribution in [0.15, 0.2) is 42.6 Å². The van der Waals surface area contributed by atoms with Crippen molar-refractivity contribution in [2.75, 3.05) is 26.7 Å². The third-order valence-electron chi connectivity index (χ3n) is 6.76. The number of likely N-dealkylation sites (tertiary alicyclic amines) is 1. The molecule has 2 aromatic carbocycles. The number of aryl methyl sites for hydroxylation is 1. The van der Waals surface area contributed by atoms with Gasteiger partial charge in [-0.15, -0.1) is 6.42 Å². The lowest BCUT2D eigenvalue weighted by atomic mass is 9.90. The number of benzene rings is 2. The summed E-state index contributed by atoms with van der Waals surface area (Å²) in [6, 6.07) is 9.79. The molecular weight excluding hydrogens is 481 g/mol. The summed E-state index contributed by atoms with van der Waals surface area (Å²) in [4.78, 5) is 41.8. The number of ketones is 1. The number of halogens is 2. The van der Waals surface area contributed by atoms with E-state index in [1.54, 1.807) is 47.0 Å². The fraction of sp³-hybridized carbons (Fsp3) is 0.321. The highest BCUT2D eigenvalue weighted by molar-refractivity contribution is 6.45. The van der Waals surface area contributed by atoms with Crippen molar-refractivity contribution in [3.63, 3.8) is 0 Å². The molecule has 1 fully saturated rings. The Bertz CT molecular complexity index is 1370. The molecule has 0 unspecified atom stereocenters. The second-order valence-electron chi connectivity index (χ2n) is 9.26. The Morgan fingerprint density at radius 3 is 2.44 bits per heavy atom. The van der Waals surface area contributed by atoms with E-state index in [-0.39, 0.29) is 28.9 Å². The molecule has 1 aromatic heterocycles. The maximum absolute atomic E-state index is 13.4. The van der Waals surface area contributed by atoms with E-state index in [2.05, 4.69) is 5.92 Å². The quantitative estimate of drug-likeness (QED) is 0.283. The molecular formula is C28H27ClFN3O3. The molecule has 6 nitrogen and oxygen atoms in total. The maximum Gasteiger partial charge on any atom is 0.295 e. The van der Waals surface area contributed by atoms with Gasteiger partial charge in [-0.1, -0.05) is 29.7 Å². The minimum Gasteiger partial charge on any atom is -0.350 e. The Morgan fingerprint density at radius 2 is 1.81 bits per heavy atom. The number of carbonyl (C=O) groups excluding carboxylic acids is 3. The van der Waals surface area contributed by atoms with Crippen molar-refractivity contribution in [2.24, 2.45) is 13.0 Å². The van der Waals surface area contributed by atoms with E-state index in [9.17, 15) is 18.8 Å². The van der Waals surface area contributed by atoms with E-state index < -0.39 is 11.7 Å². The van der Waals surface area contributed by atoms with Crippen LogP contribution in [0.4, 0.5) is 4.39 Å².